The Balaban J connectivity index is 1.67. The molecule has 0 fully saturated rings. The molecule has 0 unspecified atom stereocenters. The van der Waals surface area contributed by atoms with Crippen molar-refractivity contribution in [1.29, 1.82) is 0 Å². The van der Waals surface area contributed by atoms with Gasteiger partial charge in [0, 0.05) is 17.7 Å². The summed E-state index contributed by atoms with van der Waals surface area (Å²) in [6, 6.07) is 15.3. The van der Waals surface area contributed by atoms with Crippen molar-refractivity contribution in [3.63, 3.8) is 0 Å². The first-order valence-corrected chi connectivity index (χ1v) is 8.75. The largest absolute Gasteiger partial charge is 0.378 e. The van der Waals surface area contributed by atoms with E-state index < -0.39 is 5.60 Å². The molecular weight excluding hydrogens is 326 g/mol. The Kier molecular flexibility index (Phi) is 5.41. The molecule has 0 radical (unpaired) electrons. The van der Waals surface area contributed by atoms with E-state index in [0.717, 1.165) is 12.0 Å². The van der Waals surface area contributed by atoms with Crippen molar-refractivity contribution in [2.24, 2.45) is 0 Å². The van der Waals surface area contributed by atoms with E-state index in [2.05, 4.69) is 29.3 Å². The van der Waals surface area contributed by atoms with Crippen LogP contribution in [0.15, 0.2) is 48.5 Å². The Hall–Kier alpha value is -2.61. The monoisotopic (exact) mass is 349 g/mol. The molecule has 2 aromatic rings. The summed E-state index contributed by atoms with van der Waals surface area (Å²) in [5.74, 6) is 5.48. The number of nitrogens with one attached hydrogen (secondary N) is 1. The van der Waals surface area contributed by atoms with Crippen molar-refractivity contribution in [2.45, 2.75) is 32.0 Å². The fourth-order valence-electron chi connectivity index (χ4n) is 2.90. The van der Waals surface area contributed by atoms with Crippen LogP contribution in [0.1, 0.15) is 47.0 Å². The van der Waals surface area contributed by atoms with Gasteiger partial charge in [-0.15, -0.1) is 0 Å². The third-order valence-electron chi connectivity index (χ3n) is 4.18. The van der Waals surface area contributed by atoms with Crippen LogP contribution in [-0.4, -0.2) is 29.8 Å². The molecule has 4 heteroatoms. The van der Waals surface area contributed by atoms with Crippen molar-refractivity contribution in [2.75, 3.05) is 13.2 Å². The van der Waals surface area contributed by atoms with E-state index in [1.54, 1.807) is 32.0 Å². The highest BCUT2D eigenvalue weighted by molar-refractivity contribution is 5.94. The lowest BCUT2D eigenvalue weighted by atomic mass is 9.97. The number of rotatable bonds is 3. The Morgan fingerprint density at radius 1 is 1.27 bits per heavy atom. The van der Waals surface area contributed by atoms with Crippen molar-refractivity contribution in [3.05, 3.63) is 70.8 Å². The van der Waals surface area contributed by atoms with Crippen LogP contribution in [0.4, 0.5) is 0 Å². The van der Waals surface area contributed by atoms with Gasteiger partial charge >= 0.3 is 0 Å². The van der Waals surface area contributed by atoms with Gasteiger partial charge in [0.15, 0.2) is 0 Å². The van der Waals surface area contributed by atoms with E-state index in [1.807, 2.05) is 18.2 Å². The summed E-state index contributed by atoms with van der Waals surface area (Å²) in [7, 11) is 0. The van der Waals surface area contributed by atoms with Crippen LogP contribution in [0.2, 0.25) is 0 Å². The molecule has 26 heavy (non-hydrogen) atoms. The van der Waals surface area contributed by atoms with Gasteiger partial charge in [0.2, 0.25) is 0 Å². The molecule has 3 rings (SSSR count). The average Bonchev–Trinajstić information content (AvgIpc) is 2.64. The summed E-state index contributed by atoms with van der Waals surface area (Å²) in [6.07, 6.45) is 0.782. The van der Waals surface area contributed by atoms with Crippen LogP contribution < -0.4 is 5.32 Å². The number of carbonyl (C=O) groups is 1. The number of hydrogen-bond donors (Lipinski definition) is 2. The number of amides is 1. The highest BCUT2D eigenvalue weighted by Crippen LogP contribution is 2.26. The highest BCUT2D eigenvalue weighted by atomic mass is 16.5. The molecule has 0 aromatic heterocycles. The number of aliphatic hydroxyl groups is 1. The van der Waals surface area contributed by atoms with Crippen LogP contribution in [0.5, 0.6) is 0 Å². The summed E-state index contributed by atoms with van der Waals surface area (Å²) in [6.45, 7) is 4.34. The average molecular weight is 349 g/mol. The molecule has 1 aliphatic heterocycles. The summed E-state index contributed by atoms with van der Waals surface area (Å²) >= 11 is 0. The van der Waals surface area contributed by atoms with E-state index in [1.165, 1.54) is 5.56 Å². The molecule has 1 amide bonds. The van der Waals surface area contributed by atoms with Crippen LogP contribution in [0.3, 0.4) is 0 Å². The van der Waals surface area contributed by atoms with E-state index in [0.29, 0.717) is 24.3 Å². The standard InChI is InChI=1S/C22H23NO3/c1-22(2,25)12-10-16-6-5-8-18(14-16)21(24)23-15-20-19-9-4-3-7-17(19)11-13-26-20/h3-9,14,20,25H,11,13,15H2,1-2H3,(H,23,24)/t20-/m0/s1. The second kappa shape index (κ2) is 7.74. The minimum atomic E-state index is -1.07. The van der Waals surface area contributed by atoms with E-state index in [9.17, 15) is 9.90 Å². The normalized spacial score (nSPS) is 16.2. The van der Waals surface area contributed by atoms with Gasteiger partial charge in [0.05, 0.1) is 6.61 Å². The van der Waals surface area contributed by atoms with Gasteiger partial charge in [-0.25, -0.2) is 0 Å². The molecule has 1 aliphatic rings. The zero-order valence-electron chi connectivity index (χ0n) is 15.1. The Morgan fingerprint density at radius 3 is 2.88 bits per heavy atom. The first-order chi connectivity index (χ1) is 12.4. The predicted molar refractivity (Wildman–Crippen MR) is 101 cm³/mol. The van der Waals surface area contributed by atoms with Crippen molar-refractivity contribution in [1.82, 2.24) is 5.32 Å². The smallest absolute Gasteiger partial charge is 0.251 e. The topological polar surface area (TPSA) is 58.6 Å². The van der Waals surface area contributed by atoms with Crippen LogP contribution in [0.25, 0.3) is 0 Å². The summed E-state index contributed by atoms with van der Waals surface area (Å²) in [5, 5.41) is 12.6. The third-order valence-corrected chi connectivity index (χ3v) is 4.18. The Bertz CT molecular complexity index is 855. The van der Waals surface area contributed by atoms with Gasteiger partial charge in [-0.2, -0.15) is 0 Å². The molecule has 1 atom stereocenters. The highest BCUT2D eigenvalue weighted by Gasteiger charge is 2.21. The summed E-state index contributed by atoms with van der Waals surface area (Å²) in [4.78, 5) is 12.5. The van der Waals surface area contributed by atoms with Crippen molar-refractivity contribution in [3.8, 4) is 11.8 Å². The molecule has 2 aromatic carbocycles. The fourth-order valence-corrected chi connectivity index (χ4v) is 2.90. The molecule has 0 bridgehead atoms. The number of hydrogen-bond acceptors (Lipinski definition) is 3. The van der Waals surface area contributed by atoms with Gasteiger partial charge < -0.3 is 15.2 Å². The number of ether oxygens (including phenoxy) is 1. The van der Waals surface area contributed by atoms with Gasteiger partial charge in [0.25, 0.3) is 5.91 Å². The first-order valence-electron chi connectivity index (χ1n) is 8.75. The first kappa shape index (κ1) is 18.2. The molecular formula is C22H23NO3. The molecule has 0 aliphatic carbocycles. The Labute approximate surface area is 154 Å². The maximum absolute atomic E-state index is 12.5. The maximum Gasteiger partial charge on any atom is 0.251 e. The summed E-state index contributed by atoms with van der Waals surface area (Å²) in [5.41, 5.74) is 2.59. The second-order valence-corrected chi connectivity index (χ2v) is 6.91. The van der Waals surface area contributed by atoms with Crippen molar-refractivity contribution < 1.29 is 14.6 Å². The lowest BCUT2D eigenvalue weighted by Crippen LogP contribution is -2.31. The molecule has 1 heterocycles. The quantitative estimate of drug-likeness (QED) is 0.838. The zero-order chi connectivity index (χ0) is 18.6. The van der Waals surface area contributed by atoms with E-state index >= 15 is 0 Å². The fraction of sp³-hybridized carbons (Fsp3) is 0.318. The maximum atomic E-state index is 12.5. The lowest BCUT2D eigenvalue weighted by Gasteiger charge is -2.26. The number of benzene rings is 2. The summed E-state index contributed by atoms with van der Waals surface area (Å²) < 4.78 is 5.83. The third kappa shape index (κ3) is 4.72. The zero-order valence-corrected chi connectivity index (χ0v) is 15.1. The molecule has 4 nitrogen and oxygen atoms in total. The number of fused-ring (bicyclic) bond motifs is 1. The van der Waals surface area contributed by atoms with Gasteiger partial charge in [0.1, 0.15) is 11.7 Å². The van der Waals surface area contributed by atoms with Gasteiger partial charge in [-0.3, -0.25) is 4.79 Å². The molecule has 0 saturated carbocycles. The van der Waals surface area contributed by atoms with Crippen molar-refractivity contribution >= 4 is 5.91 Å². The van der Waals surface area contributed by atoms with E-state index in [-0.39, 0.29) is 12.0 Å². The molecule has 134 valence electrons. The van der Waals surface area contributed by atoms with Crippen LogP contribution in [-0.2, 0) is 11.2 Å². The minimum Gasteiger partial charge on any atom is -0.378 e. The minimum absolute atomic E-state index is 0.123. The van der Waals surface area contributed by atoms with Crippen LogP contribution >= 0.6 is 0 Å². The molecule has 2 N–H and O–H groups in total. The molecule has 0 spiro atoms. The number of carbonyl (C=O) groups excluding carboxylic acids is 1. The molecule has 0 saturated heterocycles. The Morgan fingerprint density at radius 2 is 2.08 bits per heavy atom. The second-order valence-electron chi connectivity index (χ2n) is 6.91. The van der Waals surface area contributed by atoms with Crippen LogP contribution in [0, 0.1) is 11.8 Å². The lowest BCUT2D eigenvalue weighted by molar-refractivity contribution is 0.0411. The predicted octanol–water partition coefficient (Wildman–Crippen LogP) is 2.85. The SMILES string of the molecule is CC(C)(O)C#Cc1cccc(C(=O)NC[C@@H]2OCCc3ccccc32)c1. The van der Waals surface area contributed by atoms with Gasteiger partial charge in [-0.1, -0.05) is 42.2 Å². The van der Waals surface area contributed by atoms with Gasteiger partial charge in [-0.05, 0) is 49.6 Å². The van der Waals surface area contributed by atoms with E-state index in [4.69, 9.17) is 4.74 Å².